The third kappa shape index (κ3) is 2.53. The van der Waals surface area contributed by atoms with Crippen molar-refractivity contribution in [3.63, 3.8) is 0 Å². The van der Waals surface area contributed by atoms with Gasteiger partial charge < -0.3 is 9.47 Å². The summed E-state index contributed by atoms with van der Waals surface area (Å²) in [7, 11) is 0. The molecule has 2 aromatic rings. The van der Waals surface area contributed by atoms with Gasteiger partial charge in [0, 0.05) is 44.8 Å². The summed E-state index contributed by atoms with van der Waals surface area (Å²) in [5.74, 6) is 2.32. The standard InChI is InChI=1S/C16H21N5/c1-2-5-14(6-3-1)20-11-9-19(10-12-20)13-16-18-17-15-7-4-8-21(15)16/h1-3,5-6H,4,7-13H2. The zero-order chi connectivity index (χ0) is 14.1. The van der Waals surface area contributed by atoms with E-state index in [1.165, 1.54) is 17.9 Å². The first-order valence-electron chi connectivity index (χ1n) is 7.83. The minimum absolute atomic E-state index is 0.940. The number of piperazine rings is 1. The number of fused-ring (bicyclic) bond motifs is 1. The maximum absolute atomic E-state index is 4.37. The highest BCUT2D eigenvalue weighted by Crippen LogP contribution is 2.18. The van der Waals surface area contributed by atoms with Crippen LogP contribution in [-0.4, -0.2) is 45.8 Å². The fourth-order valence-corrected chi connectivity index (χ4v) is 3.33. The van der Waals surface area contributed by atoms with Gasteiger partial charge in [0.1, 0.15) is 11.6 Å². The van der Waals surface area contributed by atoms with Gasteiger partial charge in [-0.15, -0.1) is 10.2 Å². The molecule has 4 rings (SSSR count). The summed E-state index contributed by atoms with van der Waals surface area (Å²) >= 11 is 0. The Morgan fingerprint density at radius 2 is 1.71 bits per heavy atom. The zero-order valence-corrected chi connectivity index (χ0v) is 12.3. The Balaban J connectivity index is 1.37. The van der Waals surface area contributed by atoms with E-state index in [2.05, 4.69) is 54.9 Å². The number of benzene rings is 1. The first-order chi connectivity index (χ1) is 10.4. The summed E-state index contributed by atoms with van der Waals surface area (Å²) in [6.07, 6.45) is 2.31. The highest BCUT2D eigenvalue weighted by molar-refractivity contribution is 5.46. The van der Waals surface area contributed by atoms with Crippen LogP contribution in [-0.2, 0) is 19.5 Å². The normalized spacial score (nSPS) is 19.0. The average molecular weight is 283 g/mol. The van der Waals surface area contributed by atoms with Crippen molar-refractivity contribution < 1.29 is 0 Å². The van der Waals surface area contributed by atoms with Crippen molar-refractivity contribution >= 4 is 5.69 Å². The molecule has 0 saturated carbocycles. The molecule has 5 nitrogen and oxygen atoms in total. The first kappa shape index (κ1) is 12.8. The molecule has 0 radical (unpaired) electrons. The highest BCUT2D eigenvalue weighted by atomic mass is 15.3. The molecule has 0 bridgehead atoms. The Kier molecular flexibility index (Phi) is 3.35. The zero-order valence-electron chi connectivity index (χ0n) is 12.3. The molecule has 1 aromatic heterocycles. The molecule has 5 heteroatoms. The van der Waals surface area contributed by atoms with Gasteiger partial charge in [-0.25, -0.2) is 0 Å². The molecule has 110 valence electrons. The van der Waals surface area contributed by atoms with Gasteiger partial charge in [-0.2, -0.15) is 0 Å². The third-order valence-electron chi connectivity index (χ3n) is 4.54. The van der Waals surface area contributed by atoms with Crippen molar-refractivity contribution in [3.05, 3.63) is 42.0 Å². The van der Waals surface area contributed by atoms with E-state index in [1.54, 1.807) is 0 Å². The summed E-state index contributed by atoms with van der Waals surface area (Å²) < 4.78 is 2.31. The lowest BCUT2D eigenvalue weighted by Gasteiger charge is -2.35. The number of anilines is 1. The molecule has 1 saturated heterocycles. The number of rotatable bonds is 3. The van der Waals surface area contributed by atoms with Gasteiger partial charge in [0.2, 0.25) is 0 Å². The van der Waals surface area contributed by atoms with Crippen LogP contribution in [0.15, 0.2) is 30.3 Å². The van der Waals surface area contributed by atoms with Crippen LogP contribution in [0.25, 0.3) is 0 Å². The van der Waals surface area contributed by atoms with E-state index < -0.39 is 0 Å². The Morgan fingerprint density at radius 1 is 0.905 bits per heavy atom. The largest absolute Gasteiger partial charge is 0.369 e. The number of nitrogens with zero attached hydrogens (tertiary/aromatic N) is 5. The molecule has 2 aliphatic heterocycles. The maximum Gasteiger partial charge on any atom is 0.147 e. The van der Waals surface area contributed by atoms with Crippen molar-refractivity contribution in [2.45, 2.75) is 25.9 Å². The second-order valence-electron chi connectivity index (χ2n) is 5.89. The third-order valence-corrected chi connectivity index (χ3v) is 4.54. The molecule has 0 atom stereocenters. The van der Waals surface area contributed by atoms with Gasteiger partial charge in [-0.1, -0.05) is 18.2 Å². The van der Waals surface area contributed by atoms with Gasteiger partial charge >= 0.3 is 0 Å². The van der Waals surface area contributed by atoms with Crippen molar-refractivity contribution in [2.75, 3.05) is 31.1 Å². The second kappa shape index (κ2) is 5.48. The quantitative estimate of drug-likeness (QED) is 0.856. The van der Waals surface area contributed by atoms with Crippen LogP contribution in [0.4, 0.5) is 5.69 Å². The number of para-hydroxylation sites is 1. The summed E-state index contributed by atoms with van der Waals surface area (Å²) in [5.41, 5.74) is 1.33. The molecule has 0 aliphatic carbocycles. The van der Waals surface area contributed by atoms with Gasteiger partial charge in [0.05, 0.1) is 6.54 Å². The van der Waals surface area contributed by atoms with E-state index in [0.29, 0.717) is 0 Å². The fraction of sp³-hybridized carbons (Fsp3) is 0.500. The smallest absolute Gasteiger partial charge is 0.147 e. The lowest BCUT2D eigenvalue weighted by molar-refractivity contribution is 0.240. The van der Waals surface area contributed by atoms with Gasteiger partial charge in [0.15, 0.2) is 0 Å². The van der Waals surface area contributed by atoms with Crippen molar-refractivity contribution in [1.82, 2.24) is 19.7 Å². The molecule has 21 heavy (non-hydrogen) atoms. The Hall–Kier alpha value is -1.88. The lowest BCUT2D eigenvalue weighted by Crippen LogP contribution is -2.46. The molecular weight excluding hydrogens is 262 g/mol. The summed E-state index contributed by atoms with van der Waals surface area (Å²) in [4.78, 5) is 4.96. The Labute approximate surface area is 125 Å². The number of hydrogen-bond donors (Lipinski definition) is 0. The van der Waals surface area contributed by atoms with Crippen molar-refractivity contribution in [3.8, 4) is 0 Å². The van der Waals surface area contributed by atoms with E-state index in [-0.39, 0.29) is 0 Å². The number of aromatic nitrogens is 3. The van der Waals surface area contributed by atoms with Crippen LogP contribution in [0.5, 0.6) is 0 Å². The summed E-state index contributed by atoms with van der Waals surface area (Å²) in [6.45, 7) is 6.40. The predicted molar refractivity (Wildman–Crippen MR) is 82.3 cm³/mol. The maximum atomic E-state index is 4.37. The van der Waals surface area contributed by atoms with E-state index in [1.807, 2.05) is 0 Å². The Morgan fingerprint density at radius 3 is 2.52 bits per heavy atom. The summed E-state index contributed by atoms with van der Waals surface area (Å²) in [6, 6.07) is 10.7. The van der Waals surface area contributed by atoms with Gasteiger partial charge in [-0.05, 0) is 18.6 Å². The van der Waals surface area contributed by atoms with E-state index in [9.17, 15) is 0 Å². The Bertz CT molecular complexity index is 598. The SMILES string of the molecule is c1ccc(N2CCN(Cc3nnc4n3CCC4)CC2)cc1. The molecule has 1 aromatic carbocycles. The second-order valence-corrected chi connectivity index (χ2v) is 5.89. The van der Waals surface area contributed by atoms with E-state index >= 15 is 0 Å². The molecule has 2 aliphatic rings. The molecule has 0 amide bonds. The minimum atomic E-state index is 0.940. The number of hydrogen-bond acceptors (Lipinski definition) is 4. The van der Waals surface area contributed by atoms with Crippen LogP contribution < -0.4 is 4.90 Å². The van der Waals surface area contributed by atoms with E-state index in [4.69, 9.17) is 0 Å². The molecule has 0 N–H and O–H groups in total. The lowest BCUT2D eigenvalue weighted by atomic mass is 10.2. The van der Waals surface area contributed by atoms with Crippen molar-refractivity contribution in [2.24, 2.45) is 0 Å². The average Bonchev–Trinajstić information content (AvgIpc) is 3.14. The monoisotopic (exact) mass is 283 g/mol. The van der Waals surface area contributed by atoms with Crippen LogP contribution in [0, 0.1) is 0 Å². The molecule has 0 unspecified atom stereocenters. The summed E-state index contributed by atoms with van der Waals surface area (Å²) in [5, 5.41) is 8.67. The first-order valence-corrected chi connectivity index (χ1v) is 7.83. The van der Waals surface area contributed by atoms with Crippen LogP contribution in [0.3, 0.4) is 0 Å². The fourth-order valence-electron chi connectivity index (χ4n) is 3.33. The van der Waals surface area contributed by atoms with Gasteiger partial charge in [0.25, 0.3) is 0 Å². The predicted octanol–water partition coefficient (Wildman–Crippen LogP) is 1.55. The number of aryl methyl sites for hydroxylation is 1. The minimum Gasteiger partial charge on any atom is -0.369 e. The van der Waals surface area contributed by atoms with Crippen molar-refractivity contribution in [1.29, 1.82) is 0 Å². The molecular formula is C16H21N5. The van der Waals surface area contributed by atoms with Crippen LogP contribution in [0.2, 0.25) is 0 Å². The van der Waals surface area contributed by atoms with Crippen LogP contribution in [0.1, 0.15) is 18.1 Å². The highest BCUT2D eigenvalue weighted by Gasteiger charge is 2.22. The molecule has 0 spiro atoms. The molecule has 3 heterocycles. The van der Waals surface area contributed by atoms with Crippen LogP contribution >= 0.6 is 0 Å². The van der Waals surface area contributed by atoms with Gasteiger partial charge in [-0.3, -0.25) is 4.90 Å². The molecule has 1 fully saturated rings. The van der Waals surface area contributed by atoms with E-state index in [0.717, 1.165) is 51.5 Å². The topological polar surface area (TPSA) is 37.2 Å².